The van der Waals surface area contributed by atoms with Crippen LogP contribution in [0.2, 0.25) is 0 Å². The van der Waals surface area contributed by atoms with Gasteiger partial charge in [-0.2, -0.15) is 5.10 Å². The second-order valence-corrected chi connectivity index (χ2v) is 10.0. The van der Waals surface area contributed by atoms with E-state index < -0.39 is 0 Å². The number of amides is 1. The molecule has 1 aliphatic rings. The number of rotatable bonds is 7. The topological polar surface area (TPSA) is 118 Å². The number of hydrogen-bond donors (Lipinski definition) is 2. The number of H-pyrrole nitrogens is 1. The highest BCUT2D eigenvalue weighted by Crippen LogP contribution is 2.38. The Morgan fingerprint density at radius 3 is 2.73 bits per heavy atom. The highest BCUT2D eigenvalue weighted by Gasteiger charge is 2.27. The molecule has 0 unspecified atom stereocenters. The van der Waals surface area contributed by atoms with Crippen molar-refractivity contribution in [1.82, 2.24) is 29.6 Å². The third kappa shape index (κ3) is 4.51. The number of hydrogen-bond acceptors (Lipinski definition) is 7. The SMILES string of the molecule is COc1cc(-c2nn(C3CCN(CCF)CC3)c3ncnc(N)c23)ccc1N(C)C(=O)c1cc2ccccc2[nH]1. The zero-order valence-corrected chi connectivity index (χ0v) is 22.5. The van der Waals surface area contributed by atoms with Gasteiger partial charge >= 0.3 is 0 Å². The van der Waals surface area contributed by atoms with Gasteiger partial charge in [0.05, 0.1) is 24.2 Å². The molecule has 1 aliphatic heterocycles. The monoisotopic (exact) mass is 542 g/mol. The van der Waals surface area contributed by atoms with Crippen LogP contribution in [0.25, 0.3) is 33.2 Å². The van der Waals surface area contributed by atoms with E-state index >= 15 is 0 Å². The lowest BCUT2D eigenvalue weighted by atomic mass is 10.1. The molecule has 4 heterocycles. The Kier molecular flexibility index (Phi) is 6.81. The summed E-state index contributed by atoms with van der Waals surface area (Å²) in [4.78, 5) is 29.0. The van der Waals surface area contributed by atoms with Crippen molar-refractivity contribution in [2.24, 2.45) is 0 Å². The number of nitrogens with two attached hydrogens (primary N) is 1. The fraction of sp³-hybridized carbons (Fsp3) is 0.310. The van der Waals surface area contributed by atoms with Gasteiger partial charge in [-0.25, -0.2) is 19.0 Å². The minimum atomic E-state index is -0.344. The van der Waals surface area contributed by atoms with Gasteiger partial charge < -0.3 is 25.3 Å². The number of methoxy groups -OCH3 is 1. The lowest BCUT2D eigenvalue weighted by Gasteiger charge is -2.31. The summed E-state index contributed by atoms with van der Waals surface area (Å²) in [5.74, 6) is 0.672. The molecule has 5 aromatic rings. The van der Waals surface area contributed by atoms with Crippen LogP contribution in [0.4, 0.5) is 15.9 Å². The standard InChI is InChI=1S/C29H31FN8O2/c1-36(29(39)22-15-18-5-3-4-6-21(18)34-22)23-8-7-19(16-24(23)40-2)26-25-27(31)32-17-33-28(25)38(35-26)20-9-12-37(13-10-20)14-11-30/h3-8,15-17,20,34H,9-14H2,1-2H3,(H2,31,32,33). The molecule has 6 rings (SSSR count). The number of fused-ring (bicyclic) bond motifs is 2. The molecule has 40 heavy (non-hydrogen) atoms. The number of carbonyl (C=O) groups excluding carboxylic acids is 1. The summed E-state index contributed by atoms with van der Waals surface area (Å²) in [6, 6.07) is 15.3. The molecule has 10 nitrogen and oxygen atoms in total. The first kappa shape index (κ1) is 25.8. The highest BCUT2D eigenvalue weighted by molar-refractivity contribution is 6.08. The maximum Gasteiger partial charge on any atom is 0.274 e. The zero-order chi connectivity index (χ0) is 27.8. The molecule has 3 aromatic heterocycles. The molecule has 1 fully saturated rings. The quantitative estimate of drug-likeness (QED) is 0.312. The van der Waals surface area contributed by atoms with Crippen LogP contribution in [0.1, 0.15) is 29.4 Å². The van der Waals surface area contributed by atoms with Gasteiger partial charge in [-0.3, -0.25) is 4.79 Å². The second-order valence-electron chi connectivity index (χ2n) is 10.0. The molecule has 0 aliphatic carbocycles. The maximum absolute atomic E-state index is 13.4. The third-order valence-electron chi connectivity index (χ3n) is 7.70. The summed E-state index contributed by atoms with van der Waals surface area (Å²) in [6.45, 7) is 1.70. The number of alkyl halides is 1. The first-order chi connectivity index (χ1) is 19.5. The number of ether oxygens (including phenoxy) is 1. The van der Waals surface area contributed by atoms with Crippen molar-refractivity contribution in [1.29, 1.82) is 0 Å². The van der Waals surface area contributed by atoms with Gasteiger partial charge in [-0.05, 0) is 37.1 Å². The number of nitrogens with zero attached hydrogens (tertiary/aromatic N) is 6. The summed E-state index contributed by atoms with van der Waals surface area (Å²) in [7, 11) is 3.29. The minimum Gasteiger partial charge on any atom is -0.495 e. The van der Waals surface area contributed by atoms with Gasteiger partial charge in [-0.1, -0.05) is 24.3 Å². The number of anilines is 2. The van der Waals surface area contributed by atoms with Crippen molar-refractivity contribution in [2.45, 2.75) is 18.9 Å². The van der Waals surface area contributed by atoms with E-state index in [1.54, 1.807) is 19.1 Å². The third-order valence-corrected chi connectivity index (χ3v) is 7.70. The number of likely N-dealkylation sites (tertiary alicyclic amines) is 1. The van der Waals surface area contributed by atoms with Crippen LogP contribution in [0, 0.1) is 0 Å². The number of aromatic amines is 1. The molecular weight excluding hydrogens is 511 g/mol. The summed E-state index contributed by atoms with van der Waals surface area (Å²) in [5.41, 5.74) is 10.4. The van der Waals surface area contributed by atoms with Gasteiger partial charge in [0.25, 0.3) is 5.91 Å². The number of nitrogens with one attached hydrogen (secondary N) is 1. The summed E-state index contributed by atoms with van der Waals surface area (Å²) < 4.78 is 20.5. The lowest BCUT2D eigenvalue weighted by Crippen LogP contribution is -2.36. The van der Waals surface area contributed by atoms with E-state index in [0.717, 1.165) is 42.4 Å². The predicted molar refractivity (Wildman–Crippen MR) is 153 cm³/mol. The number of carbonyl (C=O) groups is 1. The van der Waals surface area contributed by atoms with Crippen LogP contribution in [0.3, 0.4) is 0 Å². The molecule has 3 N–H and O–H groups in total. The summed E-state index contributed by atoms with van der Waals surface area (Å²) in [6.07, 6.45) is 3.12. The summed E-state index contributed by atoms with van der Waals surface area (Å²) in [5, 5.41) is 6.61. The molecule has 0 bridgehead atoms. The van der Waals surface area contributed by atoms with Crippen LogP contribution in [-0.4, -0.2) is 76.0 Å². The van der Waals surface area contributed by atoms with Crippen LogP contribution < -0.4 is 15.4 Å². The van der Waals surface area contributed by atoms with E-state index in [1.165, 1.54) is 6.33 Å². The molecule has 2 aromatic carbocycles. The maximum atomic E-state index is 13.4. The number of para-hydroxylation sites is 1. The minimum absolute atomic E-state index is 0.114. The Morgan fingerprint density at radius 1 is 1.18 bits per heavy atom. The molecule has 0 radical (unpaired) electrons. The van der Waals surface area contributed by atoms with Crippen LogP contribution >= 0.6 is 0 Å². The van der Waals surface area contributed by atoms with Crippen LogP contribution in [-0.2, 0) is 0 Å². The largest absolute Gasteiger partial charge is 0.495 e. The van der Waals surface area contributed by atoms with Crippen molar-refractivity contribution < 1.29 is 13.9 Å². The van der Waals surface area contributed by atoms with Crippen molar-refractivity contribution in [3.63, 3.8) is 0 Å². The average molecular weight is 543 g/mol. The Bertz CT molecular complexity index is 1660. The van der Waals surface area contributed by atoms with Gasteiger partial charge in [0.2, 0.25) is 0 Å². The van der Waals surface area contributed by atoms with E-state index in [0.29, 0.717) is 46.2 Å². The van der Waals surface area contributed by atoms with Crippen molar-refractivity contribution >= 4 is 39.3 Å². The fourth-order valence-corrected chi connectivity index (χ4v) is 5.54. The van der Waals surface area contributed by atoms with E-state index in [1.807, 2.05) is 53.2 Å². The van der Waals surface area contributed by atoms with E-state index in [2.05, 4.69) is 19.9 Å². The van der Waals surface area contributed by atoms with Crippen molar-refractivity contribution in [2.75, 3.05) is 51.1 Å². The average Bonchev–Trinajstić information content (AvgIpc) is 3.60. The van der Waals surface area contributed by atoms with Gasteiger partial charge in [-0.15, -0.1) is 0 Å². The Hall–Kier alpha value is -4.51. The second kappa shape index (κ2) is 10.6. The first-order valence-electron chi connectivity index (χ1n) is 13.3. The smallest absolute Gasteiger partial charge is 0.274 e. The molecule has 206 valence electrons. The molecule has 0 saturated carbocycles. The number of aromatic nitrogens is 5. The molecule has 1 saturated heterocycles. The van der Waals surface area contributed by atoms with Gasteiger partial charge in [0, 0.05) is 43.1 Å². The van der Waals surface area contributed by atoms with Crippen LogP contribution in [0.5, 0.6) is 5.75 Å². The number of piperidine rings is 1. The highest BCUT2D eigenvalue weighted by atomic mass is 19.1. The summed E-state index contributed by atoms with van der Waals surface area (Å²) >= 11 is 0. The van der Waals surface area contributed by atoms with Gasteiger partial charge in [0.1, 0.15) is 36.0 Å². The molecular formula is C29H31FN8O2. The van der Waals surface area contributed by atoms with Gasteiger partial charge in [0.15, 0.2) is 5.65 Å². The number of benzene rings is 2. The van der Waals surface area contributed by atoms with Crippen LogP contribution in [0.15, 0.2) is 54.9 Å². The molecule has 0 atom stereocenters. The molecule has 11 heteroatoms. The first-order valence-corrected chi connectivity index (χ1v) is 13.3. The molecule has 1 amide bonds. The van der Waals surface area contributed by atoms with E-state index in [4.69, 9.17) is 15.6 Å². The van der Waals surface area contributed by atoms with Crippen molar-refractivity contribution in [3.05, 3.63) is 60.6 Å². The number of halogens is 1. The number of nitrogen functional groups attached to an aromatic ring is 1. The predicted octanol–water partition coefficient (Wildman–Crippen LogP) is 4.45. The zero-order valence-electron chi connectivity index (χ0n) is 22.5. The van der Waals surface area contributed by atoms with E-state index in [-0.39, 0.29) is 18.6 Å². The van der Waals surface area contributed by atoms with Crippen molar-refractivity contribution in [3.8, 4) is 17.0 Å². The normalized spacial score (nSPS) is 14.7. The Labute approximate surface area is 230 Å². The lowest BCUT2D eigenvalue weighted by molar-refractivity contribution is 0.0988. The fourth-order valence-electron chi connectivity index (χ4n) is 5.54. The van der Waals surface area contributed by atoms with E-state index in [9.17, 15) is 9.18 Å². The Morgan fingerprint density at radius 2 is 1.98 bits per heavy atom. The molecule has 0 spiro atoms. The Balaban J connectivity index is 1.34.